The van der Waals surface area contributed by atoms with Crippen LogP contribution in [0, 0.1) is 0 Å². The van der Waals surface area contributed by atoms with Crippen LogP contribution in [0.25, 0.3) is 0 Å². The molecular weight excluding hydrogens is 226 g/mol. The van der Waals surface area contributed by atoms with Gasteiger partial charge in [-0.15, -0.1) is 6.58 Å². The van der Waals surface area contributed by atoms with Crippen LogP contribution in [0.3, 0.4) is 0 Å². The van der Waals surface area contributed by atoms with E-state index in [0.29, 0.717) is 19.4 Å². The Morgan fingerprint density at radius 3 is 2.56 bits per heavy atom. The number of nitrogens with zero attached hydrogens (tertiary/aromatic N) is 1. The van der Waals surface area contributed by atoms with Gasteiger partial charge in [-0.3, -0.25) is 4.79 Å². The maximum Gasteiger partial charge on any atom is 0.223 e. The summed E-state index contributed by atoms with van der Waals surface area (Å²) in [6.07, 6.45) is 2.56. The molecule has 1 aliphatic rings. The molecule has 0 bridgehead atoms. The second-order valence-electron chi connectivity index (χ2n) is 4.49. The van der Waals surface area contributed by atoms with Crippen LogP contribution in [0.1, 0.15) is 26.7 Å². The zero-order valence-electron chi connectivity index (χ0n) is 9.90. The maximum absolute atomic E-state index is 11.8. The van der Waals surface area contributed by atoms with Gasteiger partial charge < -0.3 is 4.90 Å². The molecule has 1 aliphatic heterocycles. The van der Waals surface area contributed by atoms with Crippen molar-refractivity contribution in [2.24, 2.45) is 0 Å². The van der Waals surface area contributed by atoms with Gasteiger partial charge in [-0.1, -0.05) is 13.0 Å². The smallest absolute Gasteiger partial charge is 0.223 e. The van der Waals surface area contributed by atoms with Crippen LogP contribution in [-0.2, 0) is 14.6 Å². The van der Waals surface area contributed by atoms with E-state index >= 15 is 0 Å². The maximum atomic E-state index is 11.8. The van der Waals surface area contributed by atoms with Gasteiger partial charge in [0.25, 0.3) is 0 Å². The van der Waals surface area contributed by atoms with E-state index in [2.05, 4.69) is 6.58 Å². The Kier molecular flexibility index (Phi) is 3.78. The molecule has 16 heavy (non-hydrogen) atoms. The molecule has 1 atom stereocenters. The summed E-state index contributed by atoms with van der Waals surface area (Å²) in [4.78, 5) is 13.4. The first kappa shape index (κ1) is 13.2. The lowest BCUT2D eigenvalue weighted by atomic mass is 9.98. The average Bonchev–Trinajstić information content (AvgIpc) is 2.49. The molecule has 0 saturated carbocycles. The quantitative estimate of drug-likeness (QED) is 0.694. The van der Waals surface area contributed by atoms with E-state index in [-0.39, 0.29) is 17.4 Å². The number of rotatable bonds is 4. The van der Waals surface area contributed by atoms with E-state index in [1.807, 2.05) is 6.92 Å². The summed E-state index contributed by atoms with van der Waals surface area (Å²) >= 11 is 0. The summed E-state index contributed by atoms with van der Waals surface area (Å²) < 4.78 is 23.0. The molecule has 92 valence electrons. The molecule has 4 nitrogen and oxygen atoms in total. The first-order chi connectivity index (χ1) is 7.34. The van der Waals surface area contributed by atoms with Gasteiger partial charge in [0.1, 0.15) is 0 Å². The normalized spacial score (nSPS) is 27.6. The number of carbonyl (C=O) groups is 1. The predicted molar refractivity (Wildman–Crippen MR) is 63.9 cm³/mol. The van der Waals surface area contributed by atoms with Crippen LogP contribution in [0.2, 0.25) is 0 Å². The van der Waals surface area contributed by atoms with E-state index < -0.39 is 15.4 Å². The van der Waals surface area contributed by atoms with Crippen molar-refractivity contribution in [3.8, 4) is 0 Å². The Bertz CT molecular complexity index is 388. The molecule has 1 rings (SSSR count). The minimum absolute atomic E-state index is 0.0144. The topological polar surface area (TPSA) is 54.5 Å². The van der Waals surface area contributed by atoms with E-state index in [0.717, 1.165) is 0 Å². The fourth-order valence-electron chi connectivity index (χ4n) is 2.15. The Balaban J connectivity index is 2.94. The van der Waals surface area contributed by atoms with Gasteiger partial charge in [-0.25, -0.2) is 8.42 Å². The molecule has 0 aromatic carbocycles. The molecule has 0 aliphatic carbocycles. The third-order valence-corrected chi connectivity index (χ3v) is 4.94. The fourth-order valence-corrected chi connectivity index (χ4v) is 4.29. The van der Waals surface area contributed by atoms with Crippen molar-refractivity contribution in [1.82, 2.24) is 4.90 Å². The van der Waals surface area contributed by atoms with Crippen LogP contribution in [0.15, 0.2) is 12.7 Å². The molecular formula is C11H19NO3S. The highest BCUT2D eigenvalue weighted by Crippen LogP contribution is 2.29. The highest BCUT2D eigenvalue weighted by atomic mass is 32.2. The largest absolute Gasteiger partial charge is 0.333 e. The summed E-state index contributed by atoms with van der Waals surface area (Å²) in [6.45, 7) is 7.65. The molecule has 1 fully saturated rings. The van der Waals surface area contributed by atoms with Gasteiger partial charge in [0.15, 0.2) is 9.84 Å². The first-order valence-electron chi connectivity index (χ1n) is 5.46. The summed E-state index contributed by atoms with van der Waals surface area (Å²) in [5, 5.41) is 0. The van der Waals surface area contributed by atoms with Crippen molar-refractivity contribution in [1.29, 1.82) is 0 Å². The number of hydrogen-bond donors (Lipinski definition) is 0. The molecule has 0 aromatic rings. The highest BCUT2D eigenvalue weighted by Gasteiger charge is 2.43. The minimum atomic E-state index is -2.99. The molecule has 5 heteroatoms. The van der Waals surface area contributed by atoms with Crippen LogP contribution >= 0.6 is 0 Å². The summed E-state index contributed by atoms with van der Waals surface area (Å²) in [5.74, 6) is 0.229. The molecule has 0 spiro atoms. The number of amides is 1. The van der Waals surface area contributed by atoms with E-state index in [1.165, 1.54) is 0 Å². The third kappa shape index (κ3) is 2.64. The average molecular weight is 245 g/mol. The van der Waals surface area contributed by atoms with Crippen LogP contribution in [-0.4, -0.2) is 42.8 Å². The Morgan fingerprint density at radius 2 is 2.19 bits per heavy atom. The Morgan fingerprint density at radius 1 is 1.56 bits per heavy atom. The second kappa shape index (κ2) is 4.57. The molecule has 0 aromatic heterocycles. The van der Waals surface area contributed by atoms with Gasteiger partial charge in [0, 0.05) is 13.0 Å². The minimum Gasteiger partial charge on any atom is -0.333 e. The number of sulfone groups is 1. The Labute approximate surface area is 97.2 Å². The molecule has 1 amide bonds. The van der Waals surface area contributed by atoms with Crippen molar-refractivity contribution in [2.75, 3.05) is 18.1 Å². The fraction of sp³-hybridized carbons (Fsp3) is 0.727. The summed E-state index contributed by atoms with van der Waals surface area (Å²) in [5.41, 5.74) is -0.555. The lowest BCUT2D eigenvalue weighted by molar-refractivity contribution is -0.135. The zero-order valence-corrected chi connectivity index (χ0v) is 10.7. The van der Waals surface area contributed by atoms with Gasteiger partial charge >= 0.3 is 0 Å². The molecule has 0 radical (unpaired) electrons. The highest BCUT2D eigenvalue weighted by molar-refractivity contribution is 7.91. The summed E-state index contributed by atoms with van der Waals surface area (Å²) in [7, 11) is -2.99. The number of hydrogen-bond acceptors (Lipinski definition) is 3. The third-order valence-electron chi connectivity index (χ3n) is 3.05. The van der Waals surface area contributed by atoms with Crippen molar-refractivity contribution in [3.05, 3.63) is 12.7 Å². The lowest BCUT2D eigenvalue weighted by Crippen LogP contribution is -2.50. The van der Waals surface area contributed by atoms with Crippen molar-refractivity contribution in [3.63, 3.8) is 0 Å². The van der Waals surface area contributed by atoms with Crippen LogP contribution in [0.4, 0.5) is 0 Å². The summed E-state index contributed by atoms with van der Waals surface area (Å²) in [6, 6.07) is 0. The molecule has 1 unspecified atom stereocenters. The van der Waals surface area contributed by atoms with Gasteiger partial charge in [0.2, 0.25) is 5.91 Å². The van der Waals surface area contributed by atoms with Gasteiger partial charge in [-0.2, -0.15) is 0 Å². The monoisotopic (exact) mass is 245 g/mol. The van der Waals surface area contributed by atoms with Crippen LogP contribution < -0.4 is 0 Å². The first-order valence-corrected chi connectivity index (χ1v) is 7.28. The molecule has 1 heterocycles. The van der Waals surface area contributed by atoms with Crippen molar-refractivity contribution >= 4 is 15.7 Å². The van der Waals surface area contributed by atoms with Crippen LogP contribution in [0.5, 0.6) is 0 Å². The lowest BCUT2D eigenvalue weighted by Gasteiger charge is -2.36. The Hall–Kier alpha value is -0.840. The second-order valence-corrected chi connectivity index (χ2v) is 6.67. The molecule has 0 N–H and O–H groups in total. The van der Waals surface area contributed by atoms with Gasteiger partial charge in [-0.05, 0) is 13.3 Å². The van der Waals surface area contributed by atoms with E-state index in [4.69, 9.17) is 0 Å². The van der Waals surface area contributed by atoms with Crippen molar-refractivity contribution in [2.45, 2.75) is 32.2 Å². The van der Waals surface area contributed by atoms with Crippen molar-refractivity contribution < 1.29 is 13.2 Å². The SMILES string of the molecule is C=CCN(C(=O)CC)C1(C)CCS(=O)(=O)C1. The number of carbonyl (C=O) groups excluding carboxylic acids is 1. The zero-order chi connectivity index (χ0) is 12.4. The van der Waals surface area contributed by atoms with Gasteiger partial charge in [0.05, 0.1) is 17.0 Å². The van der Waals surface area contributed by atoms with E-state index in [1.54, 1.807) is 17.9 Å². The van der Waals surface area contributed by atoms with E-state index in [9.17, 15) is 13.2 Å². The molecule has 1 saturated heterocycles. The predicted octanol–water partition coefficient (Wildman–Crippen LogP) is 0.988. The standard InChI is InChI=1S/C11H19NO3S/c1-4-7-12(10(13)5-2)11(3)6-8-16(14,15)9-11/h4H,1,5-9H2,2-3H3.